The molecule has 5 heteroatoms. The lowest BCUT2D eigenvalue weighted by molar-refractivity contribution is 0.306. The summed E-state index contributed by atoms with van der Waals surface area (Å²) in [5.74, 6) is 0.836. The first-order valence-corrected chi connectivity index (χ1v) is 10.3. The summed E-state index contributed by atoms with van der Waals surface area (Å²) in [6, 6.07) is 15.1. The molecule has 0 atom stereocenters. The Labute approximate surface area is 150 Å². The molecule has 0 amide bonds. The van der Waals surface area contributed by atoms with Crippen molar-refractivity contribution in [3.8, 4) is 5.75 Å². The van der Waals surface area contributed by atoms with E-state index in [0.29, 0.717) is 11.5 Å². The molecule has 4 nitrogen and oxygen atoms in total. The molecule has 134 valence electrons. The molecule has 0 spiro atoms. The van der Waals surface area contributed by atoms with Crippen molar-refractivity contribution >= 4 is 15.5 Å². The van der Waals surface area contributed by atoms with E-state index < -0.39 is 15.1 Å². The highest BCUT2D eigenvalue weighted by molar-refractivity contribution is 7.92. The molecule has 25 heavy (non-hydrogen) atoms. The van der Waals surface area contributed by atoms with E-state index in [-0.39, 0.29) is 0 Å². The zero-order valence-corrected chi connectivity index (χ0v) is 15.6. The molecule has 0 radical (unpaired) electrons. The van der Waals surface area contributed by atoms with Crippen LogP contribution in [0.25, 0.3) is 0 Å². The summed E-state index contributed by atoms with van der Waals surface area (Å²) < 4.78 is 30.2. The highest BCUT2D eigenvalue weighted by Gasteiger charge is 2.18. The van der Waals surface area contributed by atoms with Gasteiger partial charge in [0.15, 0.2) is 9.84 Å². The molecule has 2 aromatic rings. The van der Waals surface area contributed by atoms with Gasteiger partial charge in [0.05, 0.1) is 10.1 Å². The molecular weight excluding hydrogens is 334 g/mol. The average Bonchev–Trinajstić information content (AvgIpc) is 3.15. The van der Waals surface area contributed by atoms with Crippen LogP contribution in [0.3, 0.4) is 0 Å². The number of ether oxygens (including phenoxy) is 1. The van der Waals surface area contributed by atoms with E-state index in [9.17, 15) is 8.42 Å². The van der Waals surface area contributed by atoms with E-state index in [0.717, 1.165) is 24.4 Å². The lowest BCUT2D eigenvalue weighted by Crippen LogP contribution is -2.17. The molecule has 1 aliphatic rings. The number of nitrogens with zero attached hydrogens (tertiary/aromatic N) is 1. The van der Waals surface area contributed by atoms with Gasteiger partial charge in [0.1, 0.15) is 12.4 Å². The minimum Gasteiger partial charge on any atom is -0.489 e. The topological polar surface area (TPSA) is 46.6 Å². The summed E-state index contributed by atoms with van der Waals surface area (Å²) in [6.45, 7) is 6.02. The zero-order chi connectivity index (χ0) is 17.9. The zero-order valence-electron chi connectivity index (χ0n) is 14.8. The van der Waals surface area contributed by atoms with Gasteiger partial charge >= 0.3 is 0 Å². The summed E-state index contributed by atoms with van der Waals surface area (Å²) in [5.41, 5.74) is 2.16. The fourth-order valence-electron chi connectivity index (χ4n) is 2.96. The molecule has 0 aromatic heterocycles. The summed E-state index contributed by atoms with van der Waals surface area (Å²) in [6.07, 6.45) is 2.49. The largest absolute Gasteiger partial charge is 0.489 e. The van der Waals surface area contributed by atoms with Crippen LogP contribution in [0, 0.1) is 0 Å². The van der Waals surface area contributed by atoms with Crippen molar-refractivity contribution in [3.05, 3.63) is 54.1 Å². The standard InChI is InChI=1S/C20H25NO3S/c1-16(2)25(22,23)20-10-8-17(9-11-20)15-24-19-7-5-6-18(14-19)21-12-3-4-13-21/h5-11,14,16H,3-4,12-13,15H2,1-2H3. The second kappa shape index (κ2) is 7.48. The first-order chi connectivity index (χ1) is 12.0. The van der Waals surface area contributed by atoms with Gasteiger partial charge in [-0.1, -0.05) is 18.2 Å². The lowest BCUT2D eigenvalue weighted by Gasteiger charge is -2.18. The number of hydrogen-bond acceptors (Lipinski definition) is 4. The van der Waals surface area contributed by atoms with E-state index in [4.69, 9.17) is 4.74 Å². The third-order valence-corrected chi connectivity index (χ3v) is 6.74. The van der Waals surface area contributed by atoms with E-state index in [1.165, 1.54) is 18.5 Å². The Hall–Kier alpha value is -2.01. The van der Waals surface area contributed by atoms with E-state index >= 15 is 0 Å². The molecule has 1 fully saturated rings. The minimum absolute atomic E-state index is 0.363. The summed E-state index contributed by atoms with van der Waals surface area (Å²) in [5, 5.41) is -0.414. The van der Waals surface area contributed by atoms with Crippen molar-refractivity contribution in [1.82, 2.24) is 0 Å². The number of sulfone groups is 1. The Balaban J connectivity index is 1.65. The lowest BCUT2D eigenvalue weighted by atomic mass is 10.2. The van der Waals surface area contributed by atoms with E-state index in [1.54, 1.807) is 26.0 Å². The van der Waals surface area contributed by atoms with Crippen LogP contribution >= 0.6 is 0 Å². The van der Waals surface area contributed by atoms with Crippen LogP contribution in [0.5, 0.6) is 5.75 Å². The van der Waals surface area contributed by atoms with Crippen molar-refractivity contribution in [2.75, 3.05) is 18.0 Å². The fourth-order valence-corrected chi connectivity index (χ4v) is 4.02. The molecule has 2 aromatic carbocycles. The Kier molecular flexibility index (Phi) is 5.33. The van der Waals surface area contributed by atoms with Crippen molar-refractivity contribution < 1.29 is 13.2 Å². The minimum atomic E-state index is -3.22. The molecule has 0 unspecified atom stereocenters. The van der Waals surface area contributed by atoms with Crippen LogP contribution in [0.2, 0.25) is 0 Å². The van der Waals surface area contributed by atoms with Crippen molar-refractivity contribution in [2.24, 2.45) is 0 Å². The van der Waals surface area contributed by atoms with Gasteiger partial charge in [-0.3, -0.25) is 0 Å². The molecule has 0 saturated carbocycles. The van der Waals surface area contributed by atoms with Gasteiger partial charge in [0.25, 0.3) is 0 Å². The maximum absolute atomic E-state index is 12.2. The van der Waals surface area contributed by atoms with Crippen molar-refractivity contribution in [1.29, 1.82) is 0 Å². The second-order valence-electron chi connectivity index (χ2n) is 6.72. The smallest absolute Gasteiger partial charge is 0.180 e. The van der Waals surface area contributed by atoms with Gasteiger partial charge in [-0.15, -0.1) is 0 Å². The Morgan fingerprint density at radius 3 is 2.36 bits per heavy atom. The van der Waals surface area contributed by atoms with Crippen LogP contribution in [-0.4, -0.2) is 26.8 Å². The van der Waals surface area contributed by atoms with Gasteiger partial charge in [-0.2, -0.15) is 0 Å². The molecule has 0 N–H and O–H groups in total. The highest BCUT2D eigenvalue weighted by atomic mass is 32.2. The van der Waals surface area contributed by atoms with E-state index in [2.05, 4.69) is 17.0 Å². The van der Waals surface area contributed by atoms with Crippen LogP contribution in [0.4, 0.5) is 5.69 Å². The van der Waals surface area contributed by atoms with Crippen LogP contribution in [0.1, 0.15) is 32.3 Å². The Morgan fingerprint density at radius 1 is 1.04 bits per heavy atom. The number of benzene rings is 2. The third-order valence-electron chi connectivity index (χ3n) is 4.57. The molecule has 1 saturated heterocycles. The normalized spacial score (nSPS) is 14.9. The van der Waals surface area contributed by atoms with E-state index in [1.807, 2.05) is 24.3 Å². The molecule has 0 bridgehead atoms. The molecule has 1 heterocycles. The highest BCUT2D eigenvalue weighted by Crippen LogP contribution is 2.25. The maximum atomic E-state index is 12.2. The van der Waals surface area contributed by atoms with Gasteiger partial charge in [0, 0.05) is 24.8 Å². The third kappa shape index (κ3) is 4.15. The summed E-state index contributed by atoms with van der Waals surface area (Å²) in [7, 11) is -3.22. The fraction of sp³-hybridized carbons (Fsp3) is 0.400. The monoisotopic (exact) mass is 359 g/mol. The van der Waals surface area contributed by atoms with Gasteiger partial charge in [-0.05, 0) is 56.5 Å². The quantitative estimate of drug-likeness (QED) is 0.781. The number of rotatable bonds is 6. The Morgan fingerprint density at radius 2 is 1.72 bits per heavy atom. The first-order valence-electron chi connectivity index (χ1n) is 8.77. The molecule has 3 rings (SSSR count). The summed E-state index contributed by atoms with van der Waals surface area (Å²) in [4.78, 5) is 2.74. The average molecular weight is 359 g/mol. The maximum Gasteiger partial charge on any atom is 0.180 e. The molecular formula is C20H25NO3S. The summed E-state index contributed by atoms with van der Waals surface area (Å²) >= 11 is 0. The van der Waals surface area contributed by atoms with Gasteiger partial charge in [0.2, 0.25) is 0 Å². The number of hydrogen-bond donors (Lipinski definition) is 0. The predicted molar refractivity (Wildman–Crippen MR) is 101 cm³/mol. The van der Waals surface area contributed by atoms with Crippen LogP contribution in [-0.2, 0) is 16.4 Å². The molecule has 1 aliphatic heterocycles. The van der Waals surface area contributed by atoms with Gasteiger partial charge in [-0.25, -0.2) is 8.42 Å². The van der Waals surface area contributed by atoms with Crippen LogP contribution < -0.4 is 9.64 Å². The predicted octanol–water partition coefficient (Wildman–Crippen LogP) is 4.05. The molecule has 0 aliphatic carbocycles. The van der Waals surface area contributed by atoms with Crippen molar-refractivity contribution in [2.45, 2.75) is 43.4 Å². The van der Waals surface area contributed by atoms with Crippen LogP contribution in [0.15, 0.2) is 53.4 Å². The first kappa shape index (κ1) is 17.8. The Bertz CT molecular complexity index is 807. The second-order valence-corrected chi connectivity index (χ2v) is 9.22. The SMILES string of the molecule is CC(C)S(=O)(=O)c1ccc(COc2cccc(N3CCCC3)c2)cc1. The van der Waals surface area contributed by atoms with Crippen molar-refractivity contribution in [3.63, 3.8) is 0 Å². The van der Waals surface area contributed by atoms with Gasteiger partial charge < -0.3 is 9.64 Å². The number of anilines is 1.